The fraction of sp³-hybridized carbons (Fsp3) is 0.235. The van der Waals surface area contributed by atoms with Gasteiger partial charge in [0.2, 0.25) is 0 Å². The second-order valence-electron chi connectivity index (χ2n) is 5.17. The Hall–Kier alpha value is -1.67. The van der Waals surface area contributed by atoms with E-state index in [0.29, 0.717) is 10.6 Å². The smallest absolute Gasteiger partial charge is 0.144 e. The molecule has 0 aliphatic heterocycles. The van der Waals surface area contributed by atoms with Crippen LogP contribution in [0.2, 0.25) is 5.02 Å². The minimum Gasteiger partial charge on any atom is -0.299 e. The molecular formula is C17H14ClFO. The highest BCUT2D eigenvalue weighted by molar-refractivity contribution is 6.30. The minimum absolute atomic E-state index is 0.0658. The minimum atomic E-state index is -0.367. The number of aryl methyl sites for hydroxylation is 1. The second-order valence-corrected chi connectivity index (χ2v) is 5.61. The summed E-state index contributed by atoms with van der Waals surface area (Å²) in [5.74, 6) is -0.408. The first kappa shape index (κ1) is 13.3. The molecule has 3 rings (SSSR count). The molecule has 0 spiro atoms. The van der Waals surface area contributed by atoms with Crippen molar-refractivity contribution in [3.05, 3.63) is 70.0 Å². The Kier molecular flexibility index (Phi) is 3.58. The molecule has 2 aromatic rings. The van der Waals surface area contributed by atoms with E-state index in [9.17, 15) is 9.18 Å². The molecule has 1 aliphatic carbocycles. The van der Waals surface area contributed by atoms with E-state index in [2.05, 4.69) is 6.07 Å². The largest absolute Gasteiger partial charge is 0.299 e. The molecule has 0 heterocycles. The van der Waals surface area contributed by atoms with Crippen molar-refractivity contribution in [1.29, 1.82) is 0 Å². The third-order valence-electron chi connectivity index (χ3n) is 3.89. The Labute approximate surface area is 122 Å². The standard InChI is InChI=1S/C17H14ClFO/c18-13-6-8-16(19)12(9-13)10-17(20)15-7-5-11-3-1-2-4-14(11)15/h1-4,6,8-9,15H,5,7,10H2. The molecule has 0 saturated carbocycles. The zero-order chi connectivity index (χ0) is 14.1. The van der Waals surface area contributed by atoms with Crippen LogP contribution in [0.5, 0.6) is 0 Å². The first-order valence-electron chi connectivity index (χ1n) is 6.69. The highest BCUT2D eigenvalue weighted by atomic mass is 35.5. The van der Waals surface area contributed by atoms with E-state index in [-0.39, 0.29) is 23.9 Å². The summed E-state index contributed by atoms with van der Waals surface area (Å²) in [4.78, 5) is 12.4. The molecule has 1 aliphatic rings. The number of ketones is 1. The first-order chi connectivity index (χ1) is 9.65. The lowest BCUT2D eigenvalue weighted by Crippen LogP contribution is -2.13. The van der Waals surface area contributed by atoms with Gasteiger partial charge in [0.1, 0.15) is 11.6 Å². The summed E-state index contributed by atoms with van der Waals surface area (Å²) in [6, 6.07) is 12.3. The van der Waals surface area contributed by atoms with E-state index >= 15 is 0 Å². The van der Waals surface area contributed by atoms with Gasteiger partial charge in [0.15, 0.2) is 0 Å². The van der Waals surface area contributed by atoms with Gasteiger partial charge in [0.05, 0.1) is 0 Å². The molecule has 0 N–H and O–H groups in total. The van der Waals surface area contributed by atoms with Crippen LogP contribution >= 0.6 is 11.6 Å². The summed E-state index contributed by atoms with van der Waals surface area (Å²) in [6.07, 6.45) is 1.84. The van der Waals surface area contributed by atoms with Crippen LogP contribution in [0.1, 0.15) is 29.0 Å². The molecule has 0 aromatic heterocycles. The maximum absolute atomic E-state index is 13.7. The van der Waals surface area contributed by atoms with Gasteiger partial charge in [-0.25, -0.2) is 4.39 Å². The lowest BCUT2D eigenvalue weighted by atomic mass is 9.92. The van der Waals surface area contributed by atoms with Crippen molar-refractivity contribution in [3.8, 4) is 0 Å². The van der Waals surface area contributed by atoms with Crippen LogP contribution in [0, 0.1) is 5.82 Å². The first-order valence-corrected chi connectivity index (χ1v) is 7.07. The van der Waals surface area contributed by atoms with Crippen molar-refractivity contribution in [2.75, 3.05) is 0 Å². The van der Waals surface area contributed by atoms with E-state index in [4.69, 9.17) is 11.6 Å². The number of Topliss-reactive ketones (excluding diaryl/α,β-unsaturated/α-hetero) is 1. The number of carbonyl (C=O) groups excluding carboxylic acids is 1. The van der Waals surface area contributed by atoms with Crippen LogP contribution in [-0.4, -0.2) is 5.78 Å². The fourth-order valence-corrected chi connectivity index (χ4v) is 3.08. The molecule has 0 bridgehead atoms. The molecule has 0 saturated heterocycles. The Bertz CT molecular complexity index is 666. The van der Waals surface area contributed by atoms with Gasteiger partial charge in [-0.2, -0.15) is 0 Å². The highest BCUT2D eigenvalue weighted by Crippen LogP contribution is 2.34. The normalized spacial score (nSPS) is 17.0. The summed E-state index contributed by atoms with van der Waals surface area (Å²) >= 11 is 5.86. The van der Waals surface area contributed by atoms with Gasteiger partial charge in [-0.15, -0.1) is 0 Å². The van der Waals surface area contributed by atoms with Crippen LogP contribution < -0.4 is 0 Å². The fourth-order valence-electron chi connectivity index (χ4n) is 2.88. The van der Waals surface area contributed by atoms with Crippen molar-refractivity contribution in [1.82, 2.24) is 0 Å². The average molecular weight is 289 g/mol. The molecular weight excluding hydrogens is 275 g/mol. The van der Waals surface area contributed by atoms with Crippen LogP contribution in [0.3, 0.4) is 0 Å². The predicted molar refractivity (Wildman–Crippen MR) is 77.6 cm³/mol. The van der Waals surface area contributed by atoms with Crippen LogP contribution in [0.15, 0.2) is 42.5 Å². The van der Waals surface area contributed by atoms with Crippen molar-refractivity contribution in [2.24, 2.45) is 0 Å². The third kappa shape index (κ3) is 2.48. The number of rotatable bonds is 3. The Morgan fingerprint density at radius 1 is 1.25 bits per heavy atom. The van der Waals surface area contributed by atoms with Gasteiger partial charge in [-0.05, 0) is 47.7 Å². The SMILES string of the molecule is O=C(Cc1cc(Cl)ccc1F)C1CCc2ccccc21. The molecule has 2 aromatic carbocycles. The van der Waals surface area contributed by atoms with E-state index in [1.54, 1.807) is 0 Å². The summed E-state index contributed by atoms with van der Waals surface area (Å²) in [7, 11) is 0. The summed E-state index contributed by atoms with van der Waals surface area (Å²) in [5, 5.41) is 0.459. The molecule has 0 fully saturated rings. The number of halogens is 2. The molecule has 1 atom stereocenters. The predicted octanol–water partition coefficient (Wildman–Crippen LogP) is 4.32. The van der Waals surface area contributed by atoms with Gasteiger partial charge in [0, 0.05) is 17.4 Å². The zero-order valence-electron chi connectivity index (χ0n) is 10.9. The number of benzene rings is 2. The highest BCUT2D eigenvalue weighted by Gasteiger charge is 2.28. The monoisotopic (exact) mass is 288 g/mol. The molecule has 0 amide bonds. The number of carbonyl (C=O) groups is 1. The van der Waals surface area contributed by atoms with E-state index in [0.717, 1.165) is 18.4 Å². The van der Waals surface area contributed by atoms with Crippen molar-refractivity contribution >= 4 is 17.4 Å². The molecule has 1 nitrogen and oxygen atoms in total. The zero-order valence-corrected chi connectivity index (χ0v) is 11.7. The van der Waals surface area contributed by atoms with E-state index in [1.807, 2.05) is 18.2 Å². The van der Waals surface area contributed by atoms with Crippen molar-refractivity contribution < 1.29 is 9.18 Å². The van der Waals surface area contributed by atoms with Gasteiger partial charge < -0.3 is 0 Å². The molecule has 20 heavy (non-hydrogen) atoms. The van der Waals surface area contributed by atoms with Crippen molar-refractivity contribution in [2.45, 2.75) is 25.2 Å². The molecule has 102 valence electrons. The second kappa shape index (κ2) is 5.37. The molecule has 3 heteroatoms. The lowest BCUT2D eigenvalue weighted by Gasteiger charge is -2.11. The summed E-state index contributed by atoms with van der Waals surface area (Å²) in [6.45, 7) is 0. The van der Waals surface area contributed by atoms with Gasteiger partial charge in [-0.3, -0.25) is 4.79 Å². The van der Waals surface area contributed by atoms with Gasteiger partial charge >= 0.3 is 0 Å². The number of fused-ring (bicyclic) bond motifs is 1. The maximum Gasteiger partial charge on any atom is 0.144 e. The number of hydrogen-bond acceptors (Lipinski definition) is 1. The molecule has 0 radical (unpaired) electrons. The third-order valence-corrected chi connectivity index (χ3v) is 4.13. The van der Waals surface area contributed by atoms with Crippen LogP contribution in [0.4, 0.5) is 4.39 Å². The van der Waals surface area contributed by atoms with Crippen LogP contribution in [-0.2, 0) is 17.6 Å². The summed E-state index contributed by atoms with van der Waals surface area (Å²) in [5.41, 5.74) is 2.71. The quantitative estimate of drug-likeness (QED) is 0.822. The summed E-state index contributed by atoms with van der Waals surface area (Å²) < 4.78 is 13.7. The number of hydrogen-bond donors (Lipinski definition) is 0. The topological polar surface area (TPSA) is 17.1 Å². The van der Waals surface area contributed by atoms with Crippen LogP contribution in [0.25, 0.3) is 0 Å². The van der Waals surface area contributed by atoms with Gasteiger partial charge in [-0.1, -0.05) is 35.9 Å². The Morgan fingerprint density at radius 2 is 2.05 bits per heavy atom. The average Bonchev–Trinajstić information content (AvgIpc) is 2.87. The molecule has 1 unspecified atom stereocenters. The van der Waals surface area contributed by atoms with E-state index in [1.165, 1.54) is 23.8 Å². The van der Waals surface area contributed by atoms with Gasteiger partial charge in [0.25, 0.3) is 0 Å². The lowest BCUT2D eigenvalue weighted by molar-refractivity contribution is -0.119. The maximum atomic E-state index is 13.7. The Morgan fingerprint density at radius 3 is 2.90 bits per heavy atom. The van der Waals surface area contributed by atoms with E-state index < -0.39 is 0 Å². The Balaban J connectivity index is 1.83. The van der Waals surface area contributed by atoms with Crippen molar-refractivity contribution in [3.63, 3.8) is 0 Å².